The van der Waals surface area contributed by atoms with Crippen LogP contribution in [0.2, 0.25) is 0 Å². The lowest BCUT2D eigenvalue weighted by molar-refractivity contribution is -0.161. The first-order chi connectivity index (χ1) is 14.4. The average Bonchev–Trinajstić information content (AvgIpc) is 3.12. The third kappa shape index (κ3) is 9.05. The van der Waals surface area contributed by atoms with Crippen molar-refractivity contribution in [3.63, 3.8) is 0 Å². The van der Waals surface area contributed by atoms with E-state index in [-0.39, 0.29) is 23.9 Å². The summed E-state index contributed by atoms with van der Waals surface area (Å²) in [5, 5.41) is 0.936. The van der Waals surface area contributed by atoms with Gasteiger partial charge in [-0.3, -0.25) is 4.79 Å². The maximum absolute atomic E-state index is 13.1. The highest BCUT2D eigenvalue weighted by atomic mass is 79.9. The van der Waals surface area contributed by atoms with Crippen LogP contribution in [-0.4, -0.2) is 52.3 Å². The van der Waals surface area contributed by atoms with Crippen molar-refractivity contribution in [2.75, 3.05) is 24.2 Å². The predicted molar refractivity (Wildman–Crippen MR) is 130 cm³/mol. The molecule has 1 aliphatic heterocycles. The van der Waals surface area contributed by atoms with Crippen LogP contribution in [0, 0.1) is 11.8 Å². The highest BCUT2D eigenvalue weighted by Gasteiger charge is 2.39. The van der Waals surface area contributed by atoms with Gasteiger partial charge in [0.1, 0.15) is 11.2 Å². The van der Waals surface area contributed by atoms with Gasteiger partial charge in [0, 0.05) is 29.1 Å². The van der Waals surface area contributed by atoms with E-state index < -0.39 is 11.2 Å². The van der Waals surface area contributed by atoms with Crippen LogP contribution in [0.15, 0.2) is 29.2 Å². The number of hydrogen-bond donors (Lipinski definition) is 0. The normalized spacial score (nSPS) is 18.0. The van der Waals surface area contributed by atoms with Crippen LogP contribution in [0.3, 0.4) is 0 Å². The fourth-order valence-electron chi connectivity index (χ4n) is 3.60. The molecule has 0 N–H and O–H groups in total. The van der Waals surface area contributed by atoms with Crippen molar-refractivity contribution in [2.45, 2.75) is 70.5 Å². The molecule has 1 saturated heterocycles. The summed E-state index contributed by atoms with van der Waals surface area (Å²) in [6, 6.07) is 8.36. The SMILES string of the molecule is CC(C)(C)OC(=O)[C@@H](Cc1cccc(SCCBr)c1)[C@H]1CCN(C(=O)OC(C)(C)C)C1. The van der Waals surface area contributed by atoms with Gasteiger partial charge < -0.3 is 14.4 Å². The minimum Gasteiger partial charge on any atom is -0.460 e. The van der Waals surface area contributed by atoms with E-state index in [4.69, 9.17) is 9.47 Å². The maximum atomic E-state index is 13.1. The number of nitrogens with zero attached hydrogens (tertiary/aromatic N) is 1. The molecule has 1 aliphatic rings. The predicted octanol–water partition coefficient (Wildman–Crippen LogP) is 5.93. The number of thioether (sulfide) groups is 1. The first kappa shape index (κ1) is 26.0. The molecule has 0 unspecified atom stereocenters. The number of carbonyl (C=O) groups is 2. The smallest absolute Gasteiger partial charge is 0.410 e. The van der Waals surface area contributed by atoms with E-state index in [0.29, 0.717) is 19.5 Å². The molecule has 0 radical (unpaired) electrons. The van der Waals surface area contributed by atoms with Crippen LogP contribution in [0.4, 0.5) is 4.79 Å². The van der Waals surface area contributed by atoms with E-state index in [2.05, 4.69) is 34.1 Å². The van der Waals surface area contributed by atoms with Crippen molar-refractivity contribution < 1.29 is 19.1 Å². The fourth-order valence-corrected chi connectivity index (χ4v) is 4.81. The topological polar surface area (TPSA) is 55.8 Å². The van der Waals surface area contributed by atoms with Gasteiger partial charge in [0.25, 0.3) is 0 Å². The summed E-state index contributed by atoms with van der Waals surface area (Å²) in [6.45, 7) is 12.4. The van der Waals surface area contributed by atoms with Crippen LogP contribution in [0.25, 0.3) is 0 Å². The molecule has 0 aromatic heterocycles. The van der Waals surface area contributed by atoms with Gasteiger partial charge in [-0.1, -0.05) is 28.1 Å². The van der Waals surface area contributed by atoms with E-state index in [1.54, 1.807) is 16.7 Å². The quantitative estimate of drug-likeness (QED) is 0.257. The van der Waals surface area contributed by atoms with Gasteiger partial charge >= 0.3 is 12.1 Å². The Hall–Kier alpha value is -1.21. The molecule has 0 saturated carbocycles. The number of esters is 1. The second-order valence-electron chi connectivity index (χ2n) is 10.0. The van der Waals surface area contributed by atoms with Crippen LogP contribution in [-0.2, 0) is 20.7 Å². The Morgan fingerprint density at radius 2 is 1.84 bits per heavy atom. The van der Waals surface area contributed by atoms with Gasteiger partial charge in [0.15, 0.2) is 0 Å². The number of benzene rings is 1. The first-order valence-electron chi connectivity index (χ1n) is 10.9. The first-order valence-corrected chi connectivity index (χ1v) is 13.0. The third-order valence-corrected chi connectivity index (χ3v) is 6.77. The van der Waals surface area contributed by atoms with Crippen molar-refractivity contribution in [3.8, 4) is 0 Å². The molecule has 0 bridgehead atoms. The van der Waals surface area contributed by atoms with Crippen molar-refractivity contribution in [3.05, 3.63) is 29.8 Å². The molecule has 1 heterocycles. The van der Waals surface area contributed by atoms with Crippen LogP contribution < -0.4 is 0 Å². The monoisotopic (exact) mass is 513 g/mol. The average molecular weight is 515 g/mol. The zero-order chi connectivity index (χ0) is 23.2. The number of halogens is 1. The lowest BCUT2D eigenvalue weighted by atomic mass is 9.86. The molecular weight excluding hydrogens is 478 g/mol. The third-order valence-electron chi connectivity index (χ3n) is 4.85. The zero-order valence-corrected chi connectivity index (χ0v) is 22.0. The maximum Gasteiger partial charge on any atom is 0.410 e. The summed E-state index contributed by atoms with van der Waals surface area (Å²) in [5.74, 6) is 0.540. The summed E-state index contributed by atoms with van der Waals surface area (Å²) < 4.78 is 11.3. The Kier molecular flexibility index (Phi) is 9.31. The minimum absolute atomic E-state index is 0.0428. The molecule has 2 atom stereocenters. The van der Waals surface area contributed by atoms with Gasteiger partial charge in [0.05, 0.1) is 5.92 Å². The van der Waals surface area contributed by atoms with E-state index in [1.807, 2.05) is 47.6 Å². The molecule has 1 amide bonds. The summed E-state index contributed by atoms with van der Waals surface area (Å²) in [7, 11) is 0. The number of amides is 1. The van der Waals surface area contributed by atoms with Gasteiger partial charge in [-0.05, 0) is 78.0 Å². The fraction of sp³-hybridized carbons (Fsp3) is 0.667. The highest BCUT2D eigenvalue weighted by Crippen LogP contribution is 2.31. The zero-order valence-electron chi connectivity index (χ0n) is 19.6. The van der Waals surface area contributed by atoms with E-state index in [0.717, 1.165) is 23.1 Å². The lowest BCUT2D eigenvalue weighted by Gasteiger charge is -2.28. The Bertz CT molecular complexity index is 757. The number of hydrogen-bond acceptors (Lipinski definition) is 5. The molecule has 174 valence electrons. The van der Waals surface area contributed by atoms with E-state index in [1.165, 1.54) is 4.90 Å². The van der Waals surface area contributed by atoms with Crippen LogP contribution >= 0.6 is 27.7 Å². The Balaban J connectivity index is 2.16. The van der Waals surface area contributed by atoms with Gasteiger partial charge in [-0.15, -0.1) is 11.8 Å². The number of ether oxygens (including phenoxy) is 2. The van der Waals surface area contributed by atoms with Gasteiger partial charge in [-0.2, -0.15) is 0 Å². The number of likely N-dealkylation sites (tertiary alicyclic amines) is 1. The lowest BCUT2D eigenvalue weighted by Crippen LogP contribution is -2.38. The molecular formula is C24H36BrNO4S. The summed E-state index contributed by atoms with van der Waals surface area (Å²) in [6.07, 6.45) is 1.05. The molecule has 31 heavy (non-hydrogen) atoms. The molecule has 0 aliphatic carbocycles. The minimum atomic E-state index is -0.549. The molecule has 1 aromatic rings. The van der Waals surface area contributed by atoms with Crippen molar-refractivity contribution in [1.29, 1.82) is 0 Å². The van der Waals surface area contributed by atoms with E-state index in [9.17, 15) is 9.59 Å². The molecule has 1 fully saturated rings. The number of alkyl halides is 1. The molecule has 7 heteroatoms. The summed E-state index contributed by atoms with van der Waals surface area (Å²) in [5.41, 5.74) is 0.0328. The van der Waals surface area contributed by atoms with Crippen LogP contribution in [0.5, 0.6) is 0 Å². The molecule has 5 nitrogen and oxygen atoms in total. The Morgan fingerprint density at radius 1 is 1.16 bits per heavy atom. The largest absolute Gasteiger partial charge is 0.460 e. The van der Waals surface area contributed by atoms with Gasteiger partial charge in [0.2, 0.25) is 0 Å². The standard InChI is InChI=1S/C24H36BrNO4S/c1-23(2,3)29-21(27)20(15-17-8-7-9-19(14-17)31-13-11-25)18-10-12-26(16-18)22(28)30-24(4,5)6/h7-9,14,18,20H,10-13,15-16H2,1-6H3/t18-,20-/m0/s1. The van der Waals surface area contributed by atoms with Crippen molar-refractivity contribution in [1.82, 2.24) is 4.90 Å². The van der Waals surface area contributed by atoms with Crippen molar-refractivity contribution in [2.24, 2.45) is 11.8 Å². The summed E-state index contributed by atoms with van der Waals surface area (Å²) >= 11 is 5.26. The second kappa shape index (κ2) is 11.1. The number of rotatable bonds is 7. The Labute approximate surface area is 199 Å². The van der Waals surface area contributed by atoms with Crippen LogP contribution in [0.1, 0.15) is 53.5 Å². The van der Waals surface area contributed by atoms with Gasteiger partial charge in [-0.25, -0.2) is 4.79 Å². The van der Waals surface area contributed by atoms with E-state index >= 15 is 0 Å². The molecule has 2 rings (SSSR count). The summed E-state index contributed by atoms with van der Waals surface area (Å²) in [4.78, 5) is 28.6. The van der Waals surface area contributed by atoms with Crippen molar-refractivity contribution >= 4 is 39.8 Å². The Morgan fingerprint density at radius 3 is 2.45 bits per heavy atom. The molecule has 1 aromatic carbocycles. The second-order valence-corrected chi connectivity index (χ2v) is 12.0. The molecule has 0 spiro atoms. The number of carbonyl (C=O) groups excluding carboxylic acids is 2. The highest BCUT2D eigenvalue weighted by molar-refractivity contribution is 9.09.